The molecule has 31 heavy (non-hydrogen) atoms. The van der Waals surface area contributed by atoms with Crippen LogP contribution in [0.4, 0.5) is 8.78 Å². The van der Waals surface area contributed by atoms with Crippen molar-refractivity contribution < 1.29 is 13.6 Å². The van der Waals surface area contributed by atoms with Crippen molar-refractivity contribution in [2.24, 2.45) is 7.05 Å². The molecule has 4 aromatic rings. The number of nitrogens with zero attached hydrogens (tertiary/aromatic N) is 4. The Morgan fingerprint density at radius 2 is 1.84 bits per heavy atom. The zero-order chi connectivity index (χ0) is 22.1. The van der Waals surface area contributed by atoms with Crippen LogP contribution in [-0.2, 0) is 20.1 Å². The molecule has 0 bridgehead atoms. The van der Waals surface area contributed by atoms with Gasteiger partial charge in [0.15, 0.2) is 28.6 Å². The van der Waals surface area contributed by atoms with Gasteiger partial charge in [0.1, 0.15) is 0 Å². The first-order valence-electron chi connectivity index (χ1n) is 9.15. The van der Waals surface area contributed by atoms with Gasteiger partial charge in [-0.25, -0.2) is 18.6 Å². The molecule has 0 radical (unpaired) electrons. The van der Waals surface area contributed by atoms with Gasteiger partial charge in [-0.15, -0.1) is 0 Å². The number of carbonyl (C=O) groups is 1. The lowest BCUT2D eigenvalue weighted by atomic mass is 10.2. The van der Waals surface area contributed by atoms with E-state index in [9.17, 15) is 23.2 Å². The molecule has 0 spiro atoms. The summed E-state index contributed by atoms with van der Waals surface area (Å²) in [6, 6.07) is 6.58. The molecule has 11 heteroatoms. The second kappa shape index (κ2) is 7.94. The summed E-state index contributed by atoms with van der Waals surface area (Å²) in [5, 5.41) is 2.66. The van der Waals surface area contributed by atoms with E-state index in [1.165, 1.54) is 13.1 Å². The lowest BCUT2D eigenvalue weighted by molar-refractivity contribution is 0.0941. The lowest BCUT2D eigenvalue weighted by Gasteiger charge is -2.08. The monoisotopic (exact) mass is 426 g/mol. The Labute approximate surface area is 173 Å². The summed E-state index contributed by atoms with van der Waals surface area (Å²) in [6.45, 7) is -0.0566. The van der Waals surface area contributed by atoms with Gasteiger partial charge in [-0.05, 0) is 35.4 Å². The maximum absolute atomic E-state index is 13.5. The van der Waals surface area contributed by atoms with E-state index in [1.54, 1.807) is 24.5 Å². The first kappa shape index (κ1) is 20.1. The molecular weight excluding hydrogens is 410 g/mol. The number of hydrogen-bond acceptors (Lipinski definition) is 5. The Kier molecular flexibility index (Phi) is 5.15. The Morgan fingerprint density at radius 1 is 1.10 bits per heavy atom. The number of aryl methyl sites for hydroxylation is 1. The predicted octanol–water partition coefficient (Wildman–Crippen LogP) is 1.07. The zero-order valence-electron chi connectivity index (χ0n) is 16.2. The molecule has 0 unspecified atom stereocenters. The molecule has 1 aromatic carbocycles. The van der Waals surface area contributed by atoms with Crippen LogP contribution < -0.4 is 16.6 Å². The molecule has 9 nitrogen and oxygen atoms in total. The molecule has 0 aliphatic rings. The zero-order valence-corrected chi connectivity index (χ0v) is 16.2. The maximum Gasteiger partial charge on any atom is 0.332 e. The van der Waals surface area contributed by atoms with Gasteiger partial charge in [0.2, 0.25) is 0 Å². The number of fused-ring (bicyclic) bond motifs is 1. The molecule has 0 aliphatic heterocycles. The van der Waals surface area contributed by atoms with Crippen molar-refractivity contribution in [3.63, 3.8) is 0 Å². The highest BCUT2D eigenvalue weighted by molar-refractivity contribution is 5.93. The fraction of sp³-hybridized carbons (Fsp3) is 0.150. The molecule has 1 amide bonds. The van der Waals surface area contributed by atoms with Crippen LogP contribution in [0.1, 0.15) is 21.7 Å². The minimum absolute atomic E-state index is 0.00518. The van der Waals surface area contributed by atoms with Gasteiger partial charge in [-0.2, -0.15) is 0 Å². The highest BCUT2D eigenvalue weighted by atomic mass is 19.2. The number of imidazole rings is 1. The van der Waals surface area contributed by atoms with E-state index < -0.39 is 28.8 Å². The van der Waals surface area contributed by atoms with Gasteiger partial charge >= 0.3 is 5.69 Å². The smallest absolute Gasteiger partial charge is 0.332 e. The van der Waals surface area contributed by atoms with Crippen molar-refractivity contribution in [2.45, 2.75) is 13.1 Å². The molecule has 0 aliphatic carbocycles. The van der Waals surface area contributed by atoms with Gasteiger partial charge < -0.3 is 10.3 Å². The van der Waals surface area contributed by atoms with E-state index >= 15 is 0 Å². The first-order valence-corrected chi connectivity index (χ1v) is 9.15. The maximum atomic E-state index is 13.5. The molecule has 158 valence electrons. The van der Waals surface area contributed by atoms with Crippen molar-refractivity contribution in [1.82, 2.24) is 29.4 Å². The number of rotatable bonds is 5. The second-order valence-corrected chi connectivity index (χ2v) is 6.80. The molecule has 0 saturated carbocycles. The van der Waals surface area contributed by atoms with E-state index in [-0.39, 0.29) is 35.6 Å². The summed E-state index contributed by atoms with van der Waals surface area (Å²) >= 11 is 0. The average molecular weight is 426 g/mol. The Bertz CT molecular complexity index is 1410. The number of aromatic nitrogens is 5. The third-order valence-electron chi connectivity index (χ3n) is 4.72. The number of benzene rings is 1. The summed E-state index contributed by atoms with van der Waals surface area (Å²) in [4.78, 5) is 48.6. The largest absolute Gasteiger partial charge is 0.345 e. The van der Waals surface area contributed by atoms with E-state index in [0.717, 1.165) is 26.8 Å². The highest BCUT2D eigenvalue weighted by Crippen LogP contribution is 2.10. The van der Waals surface area contributed by atoms with Crippen molar-refractivity contribution in [2.75, 3.05) is 0 Å². The molecular formula is C20H16F2N6O3. The quantitative estimate of drug-likeness (QED) is 0.496. The number of aromatic amines is 1. The van der Waals surface area contributed by atoms with Gasteiger partial charge in [-0.1, -0.05) is 6.07 Å². The summed E-state index contributed by atoms with van der Waals surface area (Å²) < 4.78 is 28.6. The van der Waals surface area contributed by atoms with Gasteiger partial charge in [-0.3, -0.25) is 23.7 Å². The summed E-state index contributed by atoms with van der Waals surface area (Å²) in [7, 11) is 1.39. The molecule has 0 saturated heterocycles. The third kappa shape index (κ3) is 3.84. The summed E-state index contributed by atoms with van der Waals surface area (Å²) in [5.74, 6) is -2.82. The van der Waals surface area contributed by atoms with E-state index in [4.69, 9.17) is 0 Å². The van der Waals surface area contributed by atoms with Crippen LogP contribution in [0.3, 0.4) is 0 Å². The highest BCUT2D eigenvalue weighted by Gasteiger charge is 2.19. The van der Waals surface area contributed by atoms with Crippen molar-refractivity contribution >= 4 is 17.1 Å². The Hall–Kier alpha value is -4.15. The van der Waals surface area contributed by atoms with Crippen LogP contribution in [0.2, 0.25) is 0 Å². The van der Waals surface area contributed by atoms with Gasteiger partial charge in [0.05, 0.1) is 6.54 Å². The number of pyridine rings is 1. The first-order chi connectivity index (χ1) is 14.8. The van der Waals surface area contributed by atoms with E-state index in [2.05, 4.69) is 20.3 Å². The molecule has 3 aromatic heterocycles. The van der Waals surface area contributed by atoms with E-state index in [1.807, 2.05) is 0 Å². The fourth-order valence-electron chi connectivity index (χ4n) is 3.08. The average Bonchev–Trinajstić information content (AvgIpc) is 3.23. The van der Waals surface area contributed by atoms with Crippen LogP contribution in [0.15, 0.2) is 52.3 Å². The Balaban J connectivity index is 1.67. The van der Waals surface area contributed by atoms with Gasteiger partial charge in [0.25, 0.3) is 11.5 Å². The normalized spacial score (nSPS) is 11.1. The molecule has 0 fully saturated rings. The number of carbonyl (C=O) groups excluding carboxylic acids is 1. The standard InChI is InChI=1S/C20H16F2N6O3/c1-27-17-15(25-16(26-17)18(29)24-9-11-4-6-23-7-5-11)19(30)28(20(27)31)10-12-2-3-13(21)14(22)8-12/h2-8H,9-10H2,1H3,(H,24,29)(H,25,26). The molecule has 2 N–H and O–H groups in total. The summed E-state index contributed by atoms with van der Waals surface area (Å²) in [5.41, 5.74) is -0.446. The van der Waals surface area contributed by atoms with Crippen LogP contribution in [-0.4, -0.2) is 30.0 Å². The number of amides is 1. The number of halogens is 2. The number of nitrogens with one attached hydrogen (secondary N) is 2. The van der Waals surface area contributed by atoms with Crippen LogP contribution >= 0.6 is 0 Å². The summed E-state index contributed by atoms with van der Waals surface area (Å²) in [6.07, 6.45) is 3.18. The third-order valence-corrected chi connectivity index (χ3v) is 4.72. The van der Waals surface area contributed by atoms with Crippen LogP contribution in [0.25, 0.3) is 11.2 Å². The topological polar surface area (TPSA) is 115 Å². The Morgan fingerprint density at radius 3 is 2.55 bits per heavy atom. The van der Waals surface area contributed by atoms with Crippen molar-refractivity contribution in [3.8, 4) is 0 Å². The van der Waals surface area contributed by atoms with Crippen LogP contribution in [0.5, 0.6) is 0 Å². The molecule has 0 atom stereocenters. The van der Waals surface area contributed by atoms with Crippen LogP contribution in [0, 0.1) is 11.6 Å². The molecule has 3 heterocycles. The predicted molar refractivity (Wildman–Crippen MR) is 106 cm³/mol. The fourth-order valence-corrected chi connectivity index (χ4v) is 3.08. The van der Waals surface area contributed by atoms with E-state index in [0.29, 0.717) is 0 Å². The van der Waals surface area contributed by atoms with Crippen molar-refractivity contribution in [3.05, 3.63) is 92.1 Å². The molecule has 4 rings (SSSR count). The SMILES string of the molecule is Cn1c(=O)n(Cc2ccc(F)c(F)c2)c(=O)c2[nH]c(C(=O)NCc3ccncc3)nc21. The van der Waals surface area contributed by atoms with Gasteiger partial charge in [0, 0.05) is 26.0 Å². The minimum atomic E-state index is -1.09. The lowest BCUT2D eigenvalue weighted by Crippen LogP contribution is -2.39. The second-order valence-electron chi connectivity index (χ2n) is 6.80. The number of H-pyrrole nitrogens is 1. The van der Waals surface area contributed by atoms with Crippen molar-refractivity contribution in [1.29, 1.82) is 0 Å². The number of hydrogen-bond donors (Lipinski definition) is 2. The minimum Gasteiger partial charge on any atom is -0.345 e.